The summed E-state index contributed by atoms with van der Waals surface area (Å²) >= 11 is 0. The van der Waals surface area contributed by atoms with E-state index in [0.717, 1.165) is 36.6 Å². The second-order valence-electron chi connectivity index (χ2n) is 5.09. The Morgan fingerprint density at radius 3 is 2.74 bits per heavy atom. The first-order valence-corrected chi connectivity index (χ1v) is 7.03. The Hall–Kier alpha value is -1.83. The summed E-state index contributed by atoms with van der Waals surface area (Å²) in [6.45, 7) is 2.90. The third-order valence-corrected chi connectivity index (χ3v) is 3.65. The Morgan fingerprint density at radius 2 is 1.89 bits per heavy atom. The molecule has 0 aliphatic carbocycles. The van der Waals surface area contributed by atoms with Crippen LogP contribution in [0.1, 0.15) is 30.7 Å². The quantitative estimate of drug-likeness (QED) is 0.761. The summed E-state index contributed by atoms with van der Waals surface area (Å²) in [5.74, 6) is 0.976. The summed E-state index contributed by atoms with van der Waals surface area (Å²) in [6, 6.07) is 12.6. The molecule has 2 aromatic rings. The lowest BCUT2D eigenvalue weighted by molar-refractivity contribution is 0.292. The molecule has 2 heteroatoms. The molecule has 0 saturated carbocycles. The number of nitrogens with zero attached hydrogens (tertiary/aromatic N) is 1. The minimum atomic E-state index is 0.811. The van der Waals surface area contributed by atoms with Gasteiger partial charge >= 0.3 is 0 Å². The standard InChI is InChI=1S/C17H19NO/c1-13-15(14-8-4-2-5-9-14)12-17-16(18-13)10-6-3-7-11-19-17/h2,4-5,8-9,12H,3,6-7,10-11H2,1H3. The van der Waals surface area contributed by atoms with Crippen molar-refractivity contribution in [1.29, 1.82) is 0 Å². The van der Waals surface area contributed by atoms with Gasteiger partial charge in [-0.25, -0.2) is 0 Å². The molecule has 98 valence electrons. The van der Waals surface area contributed by atoms with Crippen LogP contribution in [0.25, 0.3) is 11.1 Å². The zero-order valence-corrected chi connectivity index (χ0v) is 11.4. The number of ether oxygens (including phenoxy) is 1. The number of aromatic nitrogens is 1. The molecule has 0 unspecified atom stereocenters. The van der Waals surface area contributed by atoms with Crippen molar-refractivity contribution in [3.63, 3.8) is 0 Å². The monoisotopic (exact) mass is 253 g/mol. The van der Waals surface area contributed by atoms with Crippen molar-refractivity contribution in [3.8, 4) is 16.9 Å². The van der Waals surface area contributed by atoms with Crippen molar-refractivity contribution in [2.45, 2.75) is 32.6 Å². The molecule has 0 spiro atoms. The zero-order valence-electron chi connectivity index (χ0n) is 11.4. The molecule has 1 aromatic heterocycles. The van der Waals surface area contributed by atoms with Crippen LogP contribution < -0.4 is 4.74 Å². The van der Waals surface area contributed by atoms with Gasteiger partial charge in [-0.05, 0) is 44.2 Å². The molecule has 0 atom stereocenters. The molecule has 0 fully saturated rings. The number of aryl methyl sites for hydroxylation is 2. The van der Waals surface area contributed by atoms with E-state index in [1.54, 1.807) is 0 Å². The molecule has 1 aliphatic heterocycles. The maximum absolute atomic E-state index is 5.88. The van der Waals surface area contributed by atoms with E-state index in [1.165, 1.54) is 24.0 Å². The molecule has 2 heterocycles. The topological polar surface area (TPSA) is 22.1 Å². The normalized spacial score (nSPS) is 15.0. The van der Waals surface area contributed by atoms with E-state index in [4.69, 9.17) is 9.72 Å². The van der Waals surface area contributed by atoms with Gasteiger partial charge < -0.3 is 4.74 Å². The highest BCUT2D eigenvalue weighted by molar-refractivity contribution is 5.67. The van der Waals surface area contributed by atoms with Crippen LogP contribution >= 0.6 is 0 Å². The highest BCUT2D eigenvalue weighted by Gasteiger charge is 2.13. The van der Waals surface area contributed by atoms with Crippen LogP contribution in [-0.4, -0.2) is 11.6 Å². The fourth-order valence-corrected chi connectivity index (χ4v) is 2.60. The molecule has 0 amide bonds. The number of pyridine rings is 1. The van der Waals surface area contributed by atoms with E-state index in [0.29, 0.717) is 0 Å². The molecule has 0 saturated heterocycles. The third-order valence-electron chi connectivity index (χ3n) is 3.65. The predicted octanol–water partition coefficient (Wildman–Crippen LogP) is 4.16. The summed E-state index contributed by atoms with van der Waals surface area (Å²) in [4.78, 5) is 4.77. The van der Waals surface area contributed by atoms with Gasteiger partial charge in [0.1, 0.15) is 5.75 Å². The summed E-state index contributed by atoms with van der Waals surface area (Å²) in [6.07, 6.45) is 4.63. The Morgan fingerprint density at radius 1 is 1.05 bits per heavy atom. The minimum Gasteiger partial charge on any atom is -0.492 e. The van der Waals surface area contributed by atoms with Gasteiger partial charge in [-0.2, -0.15) is 0 Å². The van der Waals surface area contributed by atoms with E-state index in [1.807, 2.05) is 6.07 Å². The number of rotatable bonds is 1. The first-order chi connectivity index (χ1) is 9.34. The molecule has 19 heavy (non-hydrogen) atoms. The molecule has 3 rings (SSSR count). The van der Waals surface area contributed by atoms with Gasteiger partial charge in [0, 0.05) is 11.3 Å². The third kappa shape index (κ3) is 2.62. The first kappa shape index (κ1) is 12.2. The largest absolute Gasteiger partial charge is 0.492 e. The number of benzene rings is 1. The zero-order chi connectivity index (χ0) is 13.1. The summed E-state index contributed by atoms with van der Waals surface area (Å²) in [7, 11) is 0. The highest BCUT2D eigenvalue weighted by atomic mass is 16.5. The lowest BCUT2D eigenvalue weighted by Crippen LogP contribution is -2.07. The van der Waals surface area contributed by atoms with E-state index >= 15 is 0 Å². The average Bonchev–Trinajstić information content (AvgIpc) is 2.42. The van der Waals surface area contributed by atoms with Crippen LogP contribution in [0.5, 0.6) is 5.75 Å². The molecule has 0 radical (unpaired) electrons. The Bertz CT molecular complexity index is 563. The fourth-order valence-electron chi connectivity index (χ4n) is 2.60. The highest BCUT2D eigenvalue weighted by Crippen LogP contribution is 2.30. The van der Waals surface area contributed by atoms with Gasteiger partial charge in [-0.1, -0.05) is 30.3 Å². The van der Waals surface area contributed by atoms with E-state index in [2.05, 4.69) is 37.3 Å². The van der Waals surface area contributed by atoms with Crippen molar-refractivity contribution < 1.29 is 4.74 Å². The SMILES string of the molecule is Cc1nc2c(cc1-c1ccccc1)OCCCCC2. The van der Waals surface area contributed by atoms with E-state index < -0.39 is 0 Å². The number of fused-ring (bicyclic) bond motifs is 1. The average molecular weight is 253 g/mol. The predicted molar refractivity (Wildman–Crippen MR) is 77.5 cm³/mol. The maximum Gasteiger partial charge on any atom is 0.141 e. The van der Waals surface area contributed by atoms with Crippen molar-refractivity contribution in [2.75, 3.05) is 6.61 Å². The minimum absolute atomic E-state index is 0.811. The maximum atomic E-state index is 5.88. The molecular formula is C17H19NO. The summed E-state index contributed by atoms with van der Waals surface area (Å²) in [5.41, 5.74) is 4.60. The molecule has 0 N–H and O–H groups in total. The number of hydrogen-bond donors (Lipinski definition) is 0. The van der Waals surface area contributed by atoms with E-state index in [9.17, 15) is 0 Å². The lowest BCUT2D eigenvalue weighted by atomic mass is 10.0. The van der Waals surface area contributed by atoms with Crippen LogP contribution in [0.15, 0.2) is 36.4 Å². The summed E-state index contributed by atoms with van der Waals surface area (Å²) in [5, 5.41) is 0. The van der Waals surface area contributed by atoms with Gasteiger partial charge in [0.05, 0.1) is 12.3 Å². The molecule has 2 nitrogen and oxygen atoms in total. The smallest absolute Gasteiger partial charge is 0.141 e. The first-order valence-electron chi connectivity index (χ1n) is 7.03. The van der Waals surface area contributed by atoms with Crippen LogP contribution in [0.3, 0.4) is 0 Å². The van der Waals surface area contributed by atoms with Crippen LogP contribution in [0, 0.1) is 6.92 Å². The molecule has 1 aliphatic rings. The molecule has 1 aromatic carbocycles. The fraction of sp³-hybridized carbons (Fsp3) is 0.353. The molecule has 0 bridgehead atoms. The Balaban J connectivity index is 2.04. The van der Waals surface area contributed by atoms with Crippen molar-refractivity contribution in [3.05, 3.63) is 47.8 Å². The Kier molecular flexibility index (Phi) is 3.49. The van der Waals surface area contributed by atoms with Crippen molar-refractivity contribution in [2.24, 2.45) is 0 Å². The second-order valence-corrected chi connectivity index (χ2v) is 5.09. The van der Waals surface area contributed by atoms with Crippen LogP contribution in [-0.2, 0) is 6.42 Å². The lowest BCUT2D eigenvalue weighted by Gasteiger charge is -2.17. The summed E-state index contributed by atoms with van der Waals surface area (Å²) < 4.78 is 5.88. The Labute approximate surface area is 114 Å². The molecular weight excluding hydrogens is 234 g/mol. The van der Waals surface area contributed by atoms with Gasteiger partial charge in [0.2, 0.25) is 0 Å². The number of hydrogen-bond acceptors (Lipinski definition) is 2. The van der Waals surface area contributed by atoms with Gasteiger partial charge in [0.25, 0.3) is 0 Å². The van der Waals surface area contributed by atoms with E-state index in [-0.39, 0.29) is 0 Å². The van der Waals surface area contributed by atoms with Crippen molar-refractivity contribution in [1.82, 2.24) is 4.98 Å². The van der Waals surface area contributed by atoms with Gasteiger partial charge in [0.15, 0.2) is 0 Å². The van der Waals surface area contributed by atoms with Gasteiger partial charge in [-0.3, -0.25) is 4.98 Å². The second kappa shape index (κ2) is 5.43. The van der Waals surface area contributed by atoms with Crippen molar-refractivity contribution >= 4 is 0 Å². The van der Waals surface area contributed by atoms with Gasteiger partial charge in [-0.15, -0.1) is 0 Å². The van der Waals surface area contributed by atoms with Crippen LogP contribution in [0.2, 0.25) is 0 Å². The van der Waals surface area contributed by atoms with Crippen LogP contribution in [0.4, 0.5) is 0 Å².